The summed E-state index contributed by atoms with van der Waals surface area (Å²) in [5.74, 6) is 0.968. The lowest BCUT2D eigenvalue weighted by molar-refractivity contribution is 0.391. The molecule has 0 aliphatic rings. The SMILES string of the molecule is CCCCC(C)N[C@H](C)c1ccccc1OC. The fourth-order valence-electron chi connectivity index (χ4n) is 2.13. The van der Waals surface area contributed by atoms with E-state index in [1.165, 1.54) is 24.8 Å². The van der Waals surface area contributed by atoms with Crippen LogP contribution in [0.15, 0.2) is 24.3 Å². The first kappa shape index (κ1) is 14.0. The average molecular weight is 235 g/mol. The maximum absolute atomic E-state index is 5.39. The molecule has 0 saturated heterocycles. The average Bonchev–Trinajstić information content (AvgIpc) is 2.36. The molecule has 0 fully saturated rings. The summed E-state index contributed by atoms with van der Waals surface area (Å²) in [6.07, 6.45) is 3.78. The van der Waals surface area contributed by atoms with Crippen LogP contribution in [-0.4, -0.2) is 13.2 Å². The second kappa shape index (κ2) is 7.33. The van der Waals surface area contributed by atoms with Gasteiger partial charge in [-0.3, -0.25) is 0 Å². The first-order chi connectivity index (χ1) is 8.19. The summed E-state index contributed by atoms with van der Waals surface area (Å²) in [5.41, 5.74) is 1.23. The molecule has 0 bridgehead atoms. The molecule has 2 nitrogen and oxygen atoms in total. The van der Waals surface area contributed by atoms with Crippen molar-refractivity contribution in [1.82, 2.24) is 5.32 Å². The molecule has 0 amide bonds. The maximum Gasteiger partial charge on any atom is 0.123 e. The van der Waals surface area contributed by atoms with E-state index in [2.05, 4.69) is 38.2 Å². The third-order valence-corrected chi connectivity index (χ3v) is 3.13. The van der Waals surface area contributed by atoms with Crippen molar-refractivity contribution in [3.63, 3.8) is 0 Å². The van der Waals surface area contributed by atoms with Gasteiger partial charge < -0.3 is 10.1 Å². The van der Waals surface area contributed by atoms with Crippen LogP contribution in [0.3, 0.4) is 0 Å². The van der Waals surface area contributed by atoms with Crippen molar-refractivity contribution >= 4 is 0 Å². The van der Waals surface area contributed by atoms with E-state index in [4.69, 9.17) is 4.74 Å². The van der Waals surface area contributed by atoms with E-state index >= 15 is 0 Å². The van der Waals surface area contributed by atoms with E-state index in [9.17, 15) is 0 Å². The summed E-state index contributed by atoms with van der Waals surface area (Å²) in [5, 5.41) is 3.63. The predicted octanol–water partition coefficient (Wildman–Crippen LogP) is 3.92. The van der Waals surface area contributed by atoms with Gasteiger partial charge >= 0.3 is 0 Å². The van der Waals surface area contributed by atoms with Gasteiger partial charge in [0, 0.05) is 17.6 Å². The van der Waals surface area contributed by atoms with E-state index in [-0.39, 0.29) is 0 Å². The number of ether oxygens (including phenoxy) is 1. The molecule has 1 unspecified atom stereocenters. The minimum absolute atomic E-state index is 0.331. The Bertz CT molecular complexity index is 324. The van der Waals surface area contributed by atoms with Gasteiger partial charge in [-0.05, 0) is 26.3 Å². The molecule has 2 heteroatoms. The van der Waals surface area contributed by atoms with Gasteiger partial charge in [0.1, 0.15) is 5.75 Å². The molecule has 1 aromatic rings. The Labute approximate surface area is 105 Å². The topological polar surface area (TPSA) is 21.3 Å². The van der Waals surface area contributed by atoms with Gasteiger partial charge in [-0.1, -0.05) is 38.0 Å². The van der Waals surface area contributed by atoms with Gasteiger partial charge in [0.05, 0.1) is 7.11 Å². The van der Waals surface area contributed by atoms with Crippen molar-refractivity contribution in [3.8, 4) is 5.75 Å². The Balaban J connectivity index is 2.59. The Hall–Kier alpha value is -1.02. The molecule has 0 radical (unpaired) electrons. The summed E-state index contributed by atoms with van der Waals surface area (Å²) in [4.78, 5) is 0. The van der Waals surface area contributed by atoms with Crippen LogP contribution in [0.1, 0.15) is 51.6 Å². The molecule has 0 aromatic heterocycles. The highest BCUT2D eigenvalue weighted by Crippen LogP contribution is 2.24. The number of para-hydroxylation sites is 1. The smallest absolute Gasteiger partial charge is 0.123 e. The van der Waals surface area contributed by atoms with Crippen LogP contribution in [0.25, 0.3) is 0 Å². The van der Waals surface area contributed by atoms with E-state index in [0.29, 0.717) is 12.1 Å². The number of rotatable bonds is 7. The Morgan fingerprint density at radius 2 is 1.94 bits per heavy atom. The zero-order valence-corrected chi connectivity index (χ0v) is 11.5. The summed E-state index contributed by atoms with van der Waals surface area (Å²) in [7, 11) is 1.73. The van der Waals surface area contributed by atoms with Crippen LogP contribution in [0.5, 0.6) is 5.75 Å². The van der Waals surface area contributed by atoms with Crippen LogP contribution >= 0.6 is 0 Å². The fraction of sp³-hybridized carbons (Fsp3) is 0.600. The van der Waals surface area contributed by atoms with Crippen LogP contribution in [0, 0.1) is 0 Å². The van der Waals surface area contributed by atoms with Gasteiger partial charge in [-0.15, -0.1) is 0 Å². The summed E-state index contributed by atoms with van der Waals surface area (Å²) < 4.78 is 5.39. The lowest BCUT2D eigenvalue weighted by atomic mass is 10.0. The standard InChI is InChI=1S/C15H25NO/c1-5-6-9-12(2)16-13(3)14-10-7-8-11-15(14)17-4/h7-8,10-13,16H,5-6,9H2,1-4H3/t12?,13-/m1/s1. The molecule has 0 aliphatic carbocycles. The lowest BCUT2D eigenvalue weighted by Gasteiger charge is -2.21. The minimum Gasteiger partial charge on any atom is -0.496 e. The van der Waals surface area contributed by atoms with Crippen LogP contribution in [0.4, 0.5) is 0 Å². The van der Waals surface area contributed by atoms with Crippen molar-refractivity contribution in [2.75, 3.05) is 7.11 Å². The zero-order chi connectivity index (χ0) is 12.7. The number of benzene rings is 1. The third-order valence-electron chi connectivity index (χ3n) is 3.13. The Kier molecular flexibility index (Phi) is 6.06. The molecule has 0 saturated carbocycles. The summed E-state index contributed by atoms with van der Waals surface area (Å²) in [6, 6.07) is 9.10. The molecule has 0 spiro atoms. The Morgan fingerprint density at radius 1 is 1.24 bits per heavy atom. The highest BCUT2D eigenvalue weighted by Gasteiger charge is 2.12. The number of hydrogen-bond acceptors (Lipinski definition) is 2. The largest absolute Gasteiger partial charge is 0.496 e. The van der Waals surface area contributed by atoms with Crippen molar-refractivity contribution in [2.45, 2.75) is 52.1 Å². The zero-order valence-electron chi connectivity index (χ0n) is 11.5. The van der Waals surface area contributed by atoms with Gasteiger partial charge in [0.15, 0.2) is 0 Å². The molecule has 2 atom stereocenters. The molecule has 1 rings (SSSR count). The van der Waals surface area contributed by atoms with Gasteiger partial charge in [-0.2, -0.15) is 0 Å². The second-order valence-electron chi connectivity index (χ2n) is 4.67. The van der Waals surface area contributed by atoms with Crippen molar-refractivity contribution in [3.05, 3.63) is 29.8 Å². The first-order valence-electron chi connectivity index (χ1n) is 6.58. The quantitative estimate of drug-likeness (QED) is 0.773. The summed E-state index contributed by atoms with van der Waals surface area (Å²) >= 11 is 0. The van der Waals surface area contributed by atoms with Crippen LogP contribution in [0.2, 0.25) is 0 Å². The number of methoxy groups -OCH3 is 1. The molecule has 0 aliphatic heterocycles. The molecule has 1 N–H and O–H groups in total. The van der Waals surface area contributed by atoms with Crippen molar-refractivity contribution < 1.29 is 4.74 Å². The second-order valence-corrected chi connectivity index (χ2v) is 4.67. The van der Waals surface area contributed by atoms with Gasteiger partial charge in [0.2, 0.25) is 0 Å². The van der Waals surface area contributed by atoms with E-state index in [1.54, 1.807) is 7.11 Å². The molecular weight excluding hydrogens is 210 g/mol. The highest BCUT2D eigenvalue weighted by molar-refractivity contribution is 5.35. The van der Waals surface area contributed by atoms with Gasteiger partial charge in [0.25, 0.3) is 0 Å². The Morgan fingerprint density at radius 3 is 2.59 bits per heavy atom. The third kappa shape index (κ3) is 4.39. The number of nitrogens with one attached hydrogen (secondary N) is 1. The molecule has 96 valence electrons. The van der Waals surface area contributed by atoms with E-state index in [0.717, 1.165) is 5.75 Å². The predicted molar refractivity (Wildman–Crippen MR) is 73.5 cm³/mol. The van der Waals surface area contributed by atoms with Crippen LogP contribution < -0.4 is 10.1 Å². The number of hydrogen-bond donors (Lipinski definition) is 1. The van der Waals surface area contributed by atoms with Crippen molar-refractivity contribution in [2.24, 2.45) is 0 Å². The molecule has 17 heavy (non-hydrogen) atoms. The maximum atomic E-state index is 5.39. The van der Waals surface area contributed by atoms with E-state index < -0.39 is 0 Å². The highest BCUT2D eigenvalue weighted by atomic mass is 16.5. The van der Waals surface area contributed by atoms with Gasteiger partial charge in [-0.25, -0.2) is 0 Å². The molecule has 1 aromatic carbocycles. The normalized spacial score (nSPS) is 14.4. The minimum atomic E-state index is 0.331. The lowest BCUT2D eigenvalue weighted by Crippen LogP contribution is -2.29. The van der Waals surface area contributed by atoms with E-state index in [1.807, 2.05) is 12.1 Å². The monoisotopic (exact) mass is 235 g/mol. The van der Waals surface area contributed by atoms with Crippen molar-refractivity contribution in [1.29, 1.82) is 0 Å². The number of unbranched alkanes of at least 4 members (excludes halogenated alkanes) is 1. The fourth-order valence-corrected chi connectivity index (χ4v) is 2.13. The summed E-state index contributed by atoms with van der Waals surface area (Å²) in [6.45, 7) is 6.68. The molecular formula is C15H25NO. The first-order valence-corrected chi connectivity index (χ1v) is 6.58. The van der Waals surface area contributed by atoms with Crippen LogP contribution in [-0.2, 0) is 0 Å². The molecule has 0 heterocycles.